The maximum atomic E-state index is 14.1. The first-order valence-electron chi connectivity index (χ1n) is 5.29. The summed E-state index contributed by atoms with van der Waals surface area (Å²) >= 11 is 9.04. The molecule has 0 bridgehead atoms. The van der Waals surface area contributed by atoms with E-state index in [0.29, 0.717) is 28.0 Å². The van der Waals surface area contributed by atoms with Crippen molar-refractivity contribution >= 4 is 33.3 Å². The van der Waals surface area contributed by atoms with Crippen LogP contribution in [-0.4, -0.2) is 9.97 Å². The van der Waals surface area contributed by atoms with Crippen molar-refractivity contribution < 1.29 is 4.39 Å². The van der Waals surface area contributed by atoms with E-state index in [1.54, 1.807) is 12.1 Å². The van der Waals surface area contributed by atoms with Crippen molar-refractivity contribution in [2.24, 2.45) is 0 Å². The monoisotopic (exact) mass is 329 g/mol. The van der Waals surface area contributed by atoms with E-state index in [2.05, 4.69) is 25.9 Å². The van der Waals surface area contributed by atoms with E-state index in [1.165, 1.54) is 6.33 Å². The van der Waals surface area contributed by atoms with E-state index < -0.39 is 5.82 Å². The smallest absolute Gasteiger partial charge is 0.152 e. The Morgan fingerprint density at radius 3 is 2.78 bits per heavy atom. The summed E-state index contributed by atoms with van der Waals surface area (Å²) in [5, 5.41) is 0.0340. The summed E-state index contributed by atoms with van der Waals surface area (Å²) in [4.78, 5) is 8.01. The molecule has 18 heavy (non-hydrogen) atoms. The van der Waals surface area contributed by atoms with Crippen LogP contribution in [-0.2, 0) is 6.42 Å². The number of anilines is 1. The topological polar surface area (TPSA) is 51.8 Å². The first kappa shape index (κ1) is 13.2. The predicted octanol–water partition coefficient (Wildman–Crippen LogP) is 3.84. The molecule has 0 atom stereocenters. The van der Waals surface area contributed by atoms with Crippen LogP contribution in [0.15, 0.2) is 22.9 Å². The van der Waals surface area contributed by atoms with Gasteiger partial charge < -0.3 is 5.73 Å². The highest BCUT2D eigenvalue weighted by atomic mass is 79.9. The third-order valence-electron chi connectivity index (χ3n) is 2.62. The molecule has 3 nitrogen and oxygen atoms in total. The Labute approximate surface area is 117 Å². The van der Waals surface area contributed by atoms with Gasteiger partial charge in [-0.1, -0.05) is 18.5 Å². The second-order valence-electron chi connectivity index (χ2n) is 3.66. The van der Waals surface area contributed by atoms with Crippen LogP contribution in [0.3, 0.4) is 0 Å². The van der Waals surface area contributed by atoms with Gasteiger partial charge in [-0.25, -0.2) is 14.4 Å². The summed E-state index contributed by atoms with van der Waals surface area (Å²) in [6.45, 7) is 1.91. The van der Waals surface area contributed by atoms with Crippen LogP contribution in [0.25, 0.3) is 11.3 Å². The Kier molecular flexibility index (Phi) is 3.82. The molecule has 0 unspecified atom stereocenters. The van der Waals surface area contributed by atoms with Crippen LogP contribution < -0.4 is 5.73 Å². The minimum absolute atomic E-state index is 0.0340. The summed E-state index contributed by atoms with van der Waals surface area (Å²) in [6.07, 6.45) is 1.94. The molecule has 0 saturated carbocycles. The highest BCUT2D eigenvalue weighted by Crippen LogP contribution is 2.34. The molecule has 0 fully saturated rings. The molecule has 1 aromatic carbocycles. The fraction of sp³-hybridized carbons (Fsp3) is 0.167. The lowest BCUT2D eigenvalue weighted by Crippen LogP contribution is -2.02. The zero-order valence-electron chi connectivity index (χ0n) is 9.54. The van der Waals surface area contributed by atoms with E-state index in [4.69, 9.17) is 17.3 Å². The van der Waals surface area contributed by atoms with Gasteiger partial charge in [-0.05, 0) is 34.5 Å². The molecule has 0 amide bonds. The molecule has 0 aliphatic rings. The van der Waals surface area contributed by atoms with Crippen molar-refractivity contribution in [2.45, 2.75) is 13.3 Å². The maximum Gasteiger partial charge on any atom is 0.152 e. The third-order valence-corrected chi connectivity index (χ3v) is 3.88. The van der Waals surface area contributed by atoms with E-state index in [0.717, 1.165) is 5.56 Å². The van der Waals surface area contributed by atoms with Gasteiger partial charge in [0.15, 0.2) is 5.82 Å². The summed E-state index contributed by atoms with van der Waals surface area (Å²) < 4.78 is 14.6. The standard InChI is InChI=1S/C12H10BrClFN3/c1-2-6-11(17-5-18-12(6)16)7-3-4-8(13)9(14)10(7)15/h3-5H,2H2,1H3,(H2,16,17,18). The van der Waals surface area contributed by atoms with Crippen molar-refractivity contribution in [3.63, 3.8) is 0 Å². The van der Waals surface area contributed by atoms with Crippen molar-refractivity contribution in [3.8, 4) is 11.3 Å². The van der Waals surface area contributed by atoms with Crippen molar-refractivity contribution in [3.05, 3.63) is 39.3 Å². The SMILES string of the molecule is CCc1c(N)ncnc1-c1ccc(Br)c(Cl)c1F. The Balaban J connectivity index is 2.70. The molecule has 1 heterocycles. The normalized spacial score (nSPS) is 10.7. The van der Waals surface area contributed by atoms with Crippen molar-refractivity contribution in [2.75, 3.05) is 5.73 Å². The fourth-order valence-corrected chi connectivity index (χ4v) is 2.19. The largest absolute Gasteiger partial charge is 0.383 e. The zero-order chi connectivity index (χ0) is 13.3. The molecule has 0 aliphatic heterocycles. The molecule has 2 rings (SSSR count). The van der Waals surface area contributed by atoms with E-state index in [-0.39, 0.29) is 5.02 Å². The molecular weight excluding hydrogens is 321 g/mol. The number of hydrogen-bond donors (Lipinski definition) is 1. The molecule has 2 aromatic rings. The first-order valence-corrected chi connectivity index (χ1v) is 6.46. The van der Waals surface area contributed by atoms with Crippen LogP contribution in [0, 0.1) is 5.82 Å². The number of aromatic nitrogens is 2. The molecule has 0 spiro atoms. The molecule has 6 heteroatoms. The zero-order valence-corrected chi connectivity index (χ0v) is 11.9. The van der Waals surface area contributed by atoms with Gasteiger partial charge in [-0.15, -0.1) is 0 Å². The van der Waals surface area contributed by atoms with Gasteiger partial charge in [0.1, 0.15) is 12.1 Å². The van der Waals surface area contributed by atoms with E-state index in [1.807, 2.05) is 6.92 Å². The number of nitrogen functional groups attached to an aromatic ring is 1. The average molecular weight is 331 g/mol. The minimum atomic E-state index is -0.515. The van der Waals surface area contributed by atoms with Crippen LogP contribution in [0.1, 0.15) is 12.5 Å². The molecular formula is C12H10BrClFN3. The number of nitrogens with two attached hydrogens (primary N) is 1. The second kappa shape index (κ2) is 5.20. The maximum absolute atomic E-state index is 14.1. The van der Waals surface area contributed by atoms with Gasteiger partial charge in [0.05, 0.1) is 10.7 Å². The Bertz CT molecular complexity index is 604. The van der Waals surface area contributed by atoms with Crippen LogP contribution >= 0.6 is 27.5 Å². The van der Waals surface area contributed by atoms with Crippen molar-refractivity contribution in [1.82, 2.24) is 9.97 Å². The van der Waals surface area contributed by atoms with Crippen LogP contribution in [0.4, 0.5) is 10.2 Å². The molecule has 1 aromatic heterocycles. The van der Waals surface area contributed by atoms with Gasteiger partial charge in [-0.3, -0.25) is 0 Å². The highest BCUT2D eigenvalue weighted by Gasteiger charge is 2.17. The lowest BCUT2D eigenvalue weighted by atomic mass is 10.0. The summed E-state index contributed by atoms with van der Waals surface area (Å²) in [6, 6.07) is 3.30. The summed E-state index contributed by atoms with van der Waals surface area (Å²) in [5.74, 6) is -0.153. The minimum Gasteiger partial charge on any atom is -0.383 e. The highest BCUT2D eigenvalue weighted by molar-refractivity contribution is 9.10. The fourth-order valence-electron chi connectivity index (χ4n) is 1.72. The average Bonchev–Trinajstić information content (AvgIpc) is 2.36. The Morgan fingerprint density at radius 1 is 1.39 bits per heavy atom. The number of nitrogens with zero attached hydrogens (tertiary/aromatic N) is 2. The predicted molar refractivity (Wildman–Crippen MR) is 73.9 cm³/mol. The number of hydrogen-bond acceptors (Lipinski definition) is 3. The van der Waals surface area contributed by atoms with Gasteiger partial charge in [0, 0.05) is 15.6 Å². The Hall–Kier alpha value is -1.20. The van der Waals surface area contributed by atoms with Crippen LogP contribution in [0.2, 0.25) is 5.02 Å². The molecule has 0 radical (unpaired) electrons. The third kappa shape index (κ3) is 2.20. The van der Waals surface area contributed by atoms with Gasteiger partial charge >= 0.3 is 0 Å². The number of halogens is 3. The van der Waals surface area contributed by atoms with Crippen molar-refractivity contribution in [1.29, 1.82) is 0 Å². The van der Waals surface area contributed by atoms with E-state index in [9.17, 15) is 4.39 Å². The Morgan fingerprint density at radius 2 is 2.11 bits per heavy atom. The molecule has 0 saturated heterocycles. The first-order chi connectivity index (χ1) is 8.56. The lowest BCUT2D eigenvalue weighted by molar-refractivity contribution is 0.630. The molecule has 94 valence electrons. The lowest BCUT2D eigenvalue weighted by Gasteiger charge is -2.10. The summed E-state index contributed by atoms with van der Waals surface area (Å²) in [7, 11) is 0. The van der Waals surface area contributed by atoms with Crippen LogP contribution in [0.5, 0.6) is 0 Å². The summed E-state index contributed by atoms with van der Waals surface area (Å²) in [5.41, 5.74) is 7.30. The van der Waals surface area contributed by atoms with E-state index >= 15 is 0 Å². The number of benzene rings is 1. The molecule has 2 N–H and O–H groups in total. The second-order valence-corrected chi connectivity index (χ2v) is 4.89. The number of rotatable bonds is 2. The quantitative estimate of drug-likeness (QED) is 0.851. The van der Waals surface area contributed by atoms with Gasteiger partial charge in [-0.2, -0.15) is 0 Å². The molecule has 0 aliphatic carbocycles. The van der Waals surface area contributed by atoms with Gasteiger partial charge in [0.2, 0.25) is 0 Å². The van der Waals surface area contributed by atoms with Gasteiger partial charge in [0.25, 0.3) is 0 Å².